The van der Waals surface area contributed by atoms with Crippen molar-refractivity contribution in [2.24, 2.45) is 13.0 Å². The highest BCUT2D eigenvalue weighted by Crippen LogP contribution is 2.23. The van der Waals surface area contributed by atoms with E-state index < -0.39 is 0 Å². The Morgan fingerprint density at radius 1 is 1.18 bits per heavy atom. The van der Waals surface area contributed by atoms with Gasteiger partial charge in [0.25, 0.3) is 5.91 Å². The first-order valence-electron chi connectivity index (χ1n) is 9.29. The van der Waals surface area contributed by atoms with E-state index in [1.807, 2.05) is 30.1 Å². The van der Waals surface area contributed by atoms with Crippen molar-refractivity contribution in [2.45, 2.75) is 12.8 Å². The summed E-state index contributed by atoms with van der Waals surface area (Å²) in [6, 6.07) is 9.34. The third-order valence-corrected chi connectivity index (χ3v) is 5.32. The number of methoxy groups -OCH3 is 1. The molecule has 7 nitrogen and oxygen atoms in total. The van der Waals surface area contributed by atoms with Crippen molar-refractivity contribution in [1.29, 1.82) is 0 Å². The Balaban J connectivity index is 1.41. The van der Waals surface area contributed by atoms with E-state index in [-0.39, 0.29) is 11.9 Å². The van der Waals surface area contributed by atoms with Crippen LogP contribution in [0.15, 0.2) is 42.7 Å². The molecule has 1 unspecified atom stereocenters. The molecular weight excluding hydrogens is 356 g/mol. The maximum Gasteiger partial charge on any atom is 0.337 e. The van der Waals surface area contributed by atoms with Gasteiger partial charge in [0.05, 0.1) is 30.0 Å². The number of fused-ring (bicyclic) bond motifs is 1. The predicted molar refractivity (Wildman–Crippen MR) is 104 cm³/mol. The number of carbonyl (C=O) groups is 2. The van der Waals surface area contributed by atoms with Crippen LogP contribution in [0.4, 0.5) is 0 Å². The van der Waals surface area contributed by atoms with Crippen LogP contribution in [0, 0.1) is 5.92 Å². The van der Waals surface area contributed by atoms with Crippen molar-refractivity contribution in [3.8, 4) is 0 Å². The summed E-state index contributed by atoms with van der Waals surface area (Å²) in [5, 5.41) is 4.18. The number of amides is 1. The van der Waals surface area contributed by atoms with Crippen LogP contribution in [-0.2, 0) is 18.2 Å². The molecular formula is C21H22N4O3. The number of pyridine rings is 1. The maximum absolute atomic E-state index is 12.9. The molecule has 4 rings (SSSR count). The molecule has 1 amide bonds. The molecule has 0 saturated carbocycles. The predicted octanol–water partition coefficient (Wildman–Crippen LogP) is 2.46. The number of rotatable bonds is 4. The molecule has 1 atom stereocenters. The number of ether oxygens (including phenoxy) is 1. The molecule has 0 N–H and O–H groups in total. The summed E-state index contributed by atoms with van der Waals surface area (Å²) in [4.78, 5) is 30.6. The van der Waals surface area contributed by atoms with Gasteiger partial charge in [0.1, 0.15) is 5.52 Å². The standard InChI is InChI=1S/C21H22N4O3/c1-24-19-10-17(11-22-18(19)12-23-24)20(26)25-8-7-15(13-25)9-14-3-5-16(6-4-14)21(27)28-2/h3-6,10-12,15H,7-9,13H2,1-2H3. The van der Waals surface area contributed by atoms with Crippen LogP contribution >= 0.6 is 0 Å². The fourth-order valence-electron chi connectivity index (χ4n) is 3.74. The van der Waals surface area contributed by atoms with Crippen LogP contribution in [0.3, 0.4) is 0 Å². The van der Waals surface area contributed by atoms with E-state index in [0.29, 0.717) is 17.0 Å². The van der Waals surface area contributed by atoms with Crippen LogP contribution < -0.4 is 0 Å². The number of benzene rings is 1. The van der Waals surface area contributed by atoms with Gasteiger partial charge >= 0.3 is 5.97 Å². The average Bonchev–Trinajstić information content (AvgIpc) is 3.34. The Morgan fingerprint density at radius 3 is 2.71 bits per heavy atom. The van der Waals surface area contributed by atoms with Crippen molar-refractivity contribution in [1.82, 2.24) is 19.7 Å². The van der Waals surface area contributed by atoms with Crippen LogP contribution in [0.25, 0.3) is 11.0 Å². The quantitative estimate of drug-likeness (QED) is 0.652. The van der Waals surface area contributed by atoms with E-state index in [2.05, 4.69) is 10.1 Å². The lowest BCUT2D eigenvalue weighted by molar-refractivity contribution is 0.0600. The highest BCUT2D eigenvalue weighted by Gasteiger charge is 2.27. The lowest BCUT2D eigenvalue weighted by Crippen LogP contribution is -2.29. The Bertz CT molecular complexity index is 1030. The van der Waals surface area contributed by atoms with Gasteiger partial charge in [-0.2, -0.15) is 5.10 Å². The fraction of sp³-hybridized carbons (Fsp3) is 0.333. The van der Waals surface area contributed by atoms with Crippen LogP contribution in [0.1, 0.15) is 32.7 Å². The summed E-state index contributed by atoms with van der Waals surface area (Å²) in [5.74, 6) is 0.0867. The van der Waals surface area contributed by atoms with Gasteiger partial charge in [-0.25, -0.2) is 4.79 Å². The lowest BCUT2D eigenvalue weighted by Gasteiger charge is -2.17. The molecule has 1 saturated heterocycles. The highest BCUT2D eigenvalue weighted by molar-refractivity contribution is 5.96. The van der Waals surface area contributed by atoms with E-state index in [9.17, 15) is 9.59 Å². The molecule has 144 valence electrons. The maximum atomic E-state index is 12.9. The molecule has 1 aliphatic rings. The molecule has 1 aliphatic heterocycles. The van der Waals surface area contributed by atoms with E-state index >= 15 is 0 Å². The summed E-state index contributed by atoms with van der Waals surface area (Å²) in [7, 11) is 3.22. The molecule has 1 aromatic carbocycles. The van der Waals surface area contributed by atoms with Crippen molar-refractivity contribution in [3.05, 3.63) is 59.4 Å². The largest absolute Gasteiger partial charge is 0.465 e. The first kappa shape index (κ1) is 18.2. The number of aromatic nitrogens is 3. The van der Waals surface area contributed by atoms with E-state index in [1.54, 1.807) is 29.2 Å². The minimum absolute atomic E-state index is 0.0131. The average molecular weight is 378 g/mol. The second-order valence-corrected chi connectivity index (χ2v) is 7.20. The zero-order valence-electron chi connectivity index (χ0n) is 16.0. The summed E-state index contributed by atoms with van der Waals surface area (Å²) in [5.41, 5.74) is 3.94. The molecule has 0 aliphatic carbocycles. The van der Waals surface area contributed by atoms with Crippen molar-refractivity contribution < 1.29 is 14.3 Å². The van der Waals surface area contributed by atoms with E-state index in [4.69, 9.17) is 4.74 Å². The minimum atomic E-state index is -0.330. The molecule has 28 heavy (non-hydrogen) atoms. The Morgan fingerprint density at radius 2 is 1.96 bits per heavy atom. The highest BCUT2D eigenvalue weighted by atomic mass is 16.5. The monoisotopic (exact) mass is 378 g/mol. The molecule has 7 heteroatoms. The summed E-state index contributed by atoms with van der Waals surface area (Å²) >= 11 is 0. The van der Waals surface area contributed by atoms with Crippen LogP contribution in [-0.4, -0.2) is 51.7 Å². The molecule has 0 bridgehead atoms. The van der Waals surface area contributed by atoms with Crippen LogP contribution in [0.2, 0.25) is 0 Å². The smallest absolute Gasteiger partial charge is 0.337 e. The Labute approximate surface area is 162 Å². The van der Waals surface area contributed by atoms with Gasteiger partial charge in [0.15, 0.2) is 0 Å². The molecule has 0 radical (unpaired) electrons. The number of carbonyl (C=O) groups excluding carboxylic acids is 2. The van der Waals surface area contributed by atoms with Gasteiger partial charge < -0.3 is 9.64 Å². The number of likely N-dealkylation sites (tertiary alicyclic amines) is 1. The van der Waals surface area contributed by atoms with E-state index in [0.717, 1.165) is 42.5 Å². The number of hydrogen-bond acceptors (Lipinski definition) is 5. The van der Waals surface area contributed by atoms with Crippen molar-refractivity contribution in [2.75, 3.05) is 20.2 Å². The Hall–Kier alpha value is -3.22. The normalized spacial score (nSPS) is 16.5. The number of hydrogen-bond donors (Lipinski definition) is 0. The van der Waals surface area contributed by atoms with Crippen molar-refractivity contribution in [3.63, 3.8) is 0 Å². The third-order valence-electron chi connectivity index (χ3n) is 5.32. The van der Waals surface area contributed by atoms with E-state index in [1.165, 1.54) is 7.11 Å². The number of nitrogens with zero attached hydrogens (tertiary/aromatic N) is 4. The van der Waals surface area contributed by atoms with Gasteiger partial charge in [-0.15, -0.1) is 0 Å². The van der Waals surface area contributed by atoms with Gasteiger partial charge in [-0.05, 0) is 42.5 Å². The summed E-state index contributed by atoms with van der Waals surface area (Å²) in [6.45, 7) is 1.47. The SMILES string of the molecule is COC(=O)c1ccc(CC2CCN(C(=O)c3cnc4cnn(C)c4c3)C2)cc1. The molecule has 0 spiro atoms. The first-order chi connectivity index (χ1) is 13.5. The van der Waals surface area contributed by atoms with Gasteiger partial charge in [0, 0.05) is 26.3 Å². The number of aryl methyl sites for hydroxylation is 1. The molecule has 3 aromatic rings. The zero-order chi connectivity index (χ0) is 19.7. The van der Waals surface area contributed by atoms with Gasteiger partial charge in [-0.1, -0.05) is 12.1 Å². The first-order valence-corrected chi connectivity index (χ1v) is 9.29. The zero-order valence-corrected chi connectivity index (χ0v) is 16.0. The molecule has 1 fully saturated rings. The van der Waals surface area contributed by atoms with Crippen molar-refractivity contribution >= 4 is 22.9 Å². The topological polar surface area (TPSA) is 77.3 Å². The second kappa shape index (κ2) is 7.42. The molecule has 2 aromatic heterocycles. The van der Waals surface area contributed by atoms with Crippen LogP contribution in [0.5, 0.6) is 0 Å². The summed E-state index contributed by atoms with van der Waals surface area (Å²) in [6.07, 6.45) is 5.17. The third kappa shape index (κ3) is 3.47. The van der Waals surface area contributed by atoms with Gasteiger partial charge in [0.2, 0.25) is 0 Å². The lowest BCUT2D eigenvalue weighted by atomic mass is 9.98. The molecule has 3 heterocycles. The number of esters is 1. The second-order valence-electron chi connectivity index (χ2n) is 7.20. The Kier molecular flexibility index (Phi) is 4.81. The fourth-order valence-corrected chi connectivity index (χ4v) is 3.74. The van der Waals surface area contributed by atoms with Gasteiger partial charge in [-0.3, -0.25) is 14.5 Å². The summed E-state index contributed by atoms with van der Waals surface area (Å²) < 4.78 is 6.45. The minimum Gasteiger partial charge on any atom is -0.465 e.